The number of benzene rings is 3. The summed E-state index contributed by atoms with van der Waals surface area (Å²) >= 11 is 0. The molecule has 0 saturated carbocycles. The molecule has 1 N–H and O–H groups in total. The lowest BCUT2D eigenvalue weighted by Crippen LogP contribution is -2.29. The fourth-order valence-electron chi connectivity index (χ4n) is 4.01. The Balaban J connectivity index is 1.87. The molecule has 33 heavy (non-hydrogen) atoms. The second kappa shape index (κ2) is 9.33. The highest BCUT2D eigenvalue weighted by atomic mass is 16.5. The molecule has 1 saturated heterocycles. The van der Waals surface area contributed by atoms with Gasteiger partial charge in [-0.05, 0) is 67.3 Å². The zero-order valence-corrected chi connectivity index (χ0v) is 19.0. The van der Waals surface area contributed by atoms with Crippen LogP contribution in [0.5, 0.6) is 5.75 Å². The van der Waals surface area contributed by atoms with Crippen molar-refractivity contribution in [2.75, 3.05) is 11.5 Å². The third-order valence-electron chi connectivity index (χ3n) is 5.93. The Morgan fingerprint density at radius 2 is 1.64 bits per heavy atom. The molecule has 1 aliphatic heterocycles. The summed E-state index contributed by atoms with van der Waals surface area (Å²) in [5.74, 6) is -0.827. The number of rotatable bonds is 6. The molecule has 3 aromatic rings. The molecule has 3 aromatic carbocycles. The average molecular weight is 442 g/mol. The smallest absolute Gasteiger partial charge is 0.300 e. The Bertz CT molecular complexity index is 1210. The maximum atomic E-state index is 13.2. The molecule has 0 aliphatic carbocycles. The van der Waals surface area contributed by atoms with E-state index in [9.17, 15) is 14.7 Å². The molecule has 1 unspecified atom stereocenters. The van der Waals surface area contributed by atoms with Crippen LogP contribution in [0.25, 0.3) is 5.76 Å². The van der Waals surface area contributed by atoms with Crippen LogP contribution in [0.1, 0.15) is 41.6 Å². The Morgan fingerprint density at radius 3 is 2.27 bits per heavy atom. The number of hydrogen-bond acceptors (Lipinski definition) is 4. The second-order valence-electron chi connectivity index (χ2n) is 8.22. The van der Waals surface area contributed by atoms with Crippen molar-refractivity contribution in [3.8, 4) is 5.75 Å². The van der Waals surface area contributed by atoms with Gasteiger partial charge in [0.05, 0.1) is 18.2 Å². The SMILES string of the molecule is CCCOc1ccc(C2/C(=C(/O)c3ccc(C)c(C)c3)C(=O)C(=O)N2c2ccccc2)cc1. The summed E-state index contributed by atoms with van der Waals surface area (Å²) in [4.78, 5) is 27.8. The second-order valence-corrected chi connectivity index (χ2v) is 8.22. The highest BCUT2D eigenvalue weighted by Crippen LogP contribution is 2.42. The van der Waals surface area contributed by atoms with Crippen LogP contribution in [0.15, 0.2) is 78.4 Å². The Labute approximate surface area is 193 Å². The summed E-state index contributed by atoms with van der Waals surface area (Å²) in [7, 11) is 0. The van der Waals surface area contributed by atoms with Gasteiger partial charge in [0.15, 0.2) is 0 Å². The van der Waals surface area contributed by atoms with Crippen LogP contribution < -0.4 is 9.64 Å². The Hall–Kier alpha value is -3.86. The predicted octanol–water partition coefficient (Wildman–Crippen LogP) is 5.72. The lowest BCUT2D eigenvalue weighted by molar-refractivity contribution is -0.132. The number of amides is 1. The topological polar surface area (TPSA) is 66.8 Å². The van der Waals surface area contributed by atoms with Crippen molar-refractivity contribution >= 4 is 23.1 Å². The van der Waals surface area contributed by atoms with E-state index in [1.54, 1.807) is 18.2 Å². The number of hydrogen-bond donors (Lipinski definition) is 1. The fourth-order valence-corrected chi connectivity index (χ4v) is 4.01. The van der Waals surface area contributed by atoms with Gasteiger partial charge in [0.2, 0.25) is 0 Å². The predicted molar refractivity (Wildman–Crippen MR) is 129 cm³/mol. The third-order valence-corrected chi connectivity index (χ3v) is 5.93. The summed E-state index contributed by atoms with van der Waals surface area (Å²) in [5, 5.41) is 11.2. The van der Waals surface area contributed by atoms with Crippen LogP contribution >= 0.6 is 0 Å². The molecule has 0 bridgehead atoms. The van der Waals surface area contributed by atoms with E-state index in [4.69, 9.17) is 4.74 Å². The number of carbonyl (C=O) groups excluding carboxylic acids is 2. The van der Waals surface area contributed by atoms with E-state index in [-0.39, 0.29) is 11.3 Å². The minimum Gasteiger partial charge on any atom is -0.507 e. The van der Waals surface area contributed by atoms with Crippen molar-refractivity contribution in [1.82, 2.24) is 0 Å². The lowest BCUT2D eigenvalue weighted by Gasteiger charge is -2.25. The van der Waals surface area contributed by atoms with E-state index in [2.05, 4.69) is 0 Å². The number of aliphatic hydroxyl groups is 1. The normalized spacial score (nSPS) is 17.4. The van der Waals surface area contributed by atoms with Crippen molar-refractivity contribution in [3.63, 3.8) is 0 Å². The third kappa shape index (κ3) is 4.27. The van der Waals surface area contributed by atoms with Gasteiger partial charge >= 0.3 is 0 Å². The molecule has 0 radical (unpaired) electrons. The largest absolute Gasteiger partial charge is 0.507 e. The van der Waals surface area contributed by atoms with E-state index < -0.39 is 17.7 Å². The lowest BCUT2D eigenvalue weighted by atomic mass is 9.94. The highest BCUT2D eigenvalue weighted by molar-refractivity contribution is 6.51. The number of aryl methyl sites for hydroxylation is 2. The van der Waals surface area contributed by atoms with Crippen LogP contribution in [0.2, 0.25) is 0 Å². The van der Waals surface area contributed by atoms with Crippen molar-refractivity contribution in [3.05, 3.63) is 101 Å². The molecular weight excluding hydrogens is 414 g/mol. The van der Waals surface area contributed by atoms with Gasteiger partial charge in [-0.3, -0.25) is 14.5 Å². The first-order chi connectivity index (χ1) is 15.9. The molecule has 168 valence electrons. The molecule has 5 nitrogen and oxygen atoms in total. The van der Waals surface area contributed by atoms with Crippen molar-refractivity contribution in [1.29, 1.82) is 0 Å². The van der Waals surface area contributed by atoms with E-state index in [1.165, 1.54) is 4.90 Å². The molecule has 0 spiro atoms. The van der Waals surface area contributed by atoms with Crippen LogP contribution in [0.3, 0.4) is 0 Å². The maximum absolute atomic E-state index is 13.2. The van der Waals surface area contributed by atoms with Gasteiger partial charge in [-0.15, -0.1) is 0 Å². The summed E-state index contributed by atoms with van der Waals surface area (Å²) in [6.45, 7) is 6.57. The first-order valence-electron chi connectivity index (χ1n) is 11.1. The Morgan fingerprint density at radius 1 is 0.939 bits per heavy atom. The van der Waals surface area contributed by atoms with E-state index in [1.807, 2.05) is 75.4 Å². The van der Waals surface area contributed by atoms with Crippen LogP contribution in [0, 0.1) is 13.8 Å². The van der Waals surface area contributed by atoms with Gasteiger partial charge in [-0.2, -0.15) is 0 Å². The number of ketones is 1. The first-order valence-corrected chi connectivity index (χ1v) is 11.1. The van der Waals surface area contributed by atoms with Gasteiger partial charge < -0.3 is 9.84 Å². The fraction of sp³-hybridized carbons (Fsp3) is 0.214. The standard InChI is InChI=1S/C28H27NO4/c1-4-16-33-23-14-12-20(13-15-23)25-24(26(30)21-11-10-18(2)19(3)17-21)27(31)28(32)29(25)22-8-6-5-7-9-22/h5-15,17,25,30H,4,16H2,1-3H3/b26-24-. The summed E-state index contributed by atoms with van der Waals surface area (Å²) < 4.78 is 5.69. The maximum Gasteiger partial charge on any atom is 0.300 e. The van der Waals surface area contributed by atoms with Crippen LogP contribution in [-0.4, -0.2) is 23.4 Å². The average Bonchev–Trinajstić information content (AvgIpc) is 3.10. The quantitative estimate of drug-likeness (QED) is 0.302. The van der Waals surface area contributed by atoms with Crippen LogP contribution in [0.4, 0.5) is 5.69 Å². The number of carbonyl (C=O) groups is 2. The minimum absolute atomic E-state index is 0.0781. The summed E-state index contributed by atoms with van der Waals surface area (Å²) in [5.41, 5.74) is 3.97. The number of nitrogens with zero attached hydrogens (tertiary/aromatic N) is 1. The molecule has 1 fully saturated rings. The molecule has 4 rings (SSSR count). The first kappa shape index (κ1) is 22.3. The minimum atomic E-state index is -0.755. The van der Waals surface area contributed by atoms with Crippen molar-refractivity contribution in [2.45, 2.75) is 33.2 Å². The molecule has 0 aromatic heterocycles. The zero-order valence-electron chi connectivity index (χ0n) is 19.0. The Kier molecular flexibility index (Phi) is 6.31. The molecule has 1 atom stereocenters. The molecule has 1 amide bonds. The van der Waals surface area contributed by atoms with Gasteiger partial charge in [0.25, 0.3) is 11.7 Å². The van der Waals surface area contributed by atoms with Crippen LogP contribution in [-0.2, 0) is 9.59 Å². The summed E-state index contributed by atoms with van der Waals surface area (Å²) in [6.07, 6.45) is 0.895. The zero-order chi connectivity index (χ0) is 23.5. The molecular formula is C28H27NO4. The number of aliphatic hydroxyl groups excluding tert-OH is 1. The number of Topliss-reactive ketones (excluding diaryl/α,β-unsaturated/α-hetero) is 1. The van der Waals surface area contributed by atoms with E-state index in [0.717, 1.165) is 17.5 Å². The van der Waals surface area contributed by atoms with Gasteiger partial charge in [0.1, 0.15) is 11.5 Å². The number of anilines is 1. The van der Waals surface area contributed by atoms with Gasteiger partial charge in [-0.1, -0.05) is 49.4 Å². The van der Waals surface area contributed by atoms with E-state index in [0.29, 0.717) is 29.2 Å². The van der Waals surface area contributed by atoms with Gasteiger partial charge in [-0.25, -0.2) is 0 Å². The monoisotopic (exact) mass is 441 g/mol. The van der Waals surface area contributed by atoms with Gasteiger partial charge in [0, 0.05) is 11.3 Å². The summed E-state index contributed by atoms with van der Waals surface area (Å²) in [6, 6.07) is 21.1. The van der Waals surface area contributed by atoms with Crippen molar-refractivity contribution in [2.24, 2.45) is 0 Å². The highest BCUT2D eigenvalue weighted by Gasteiger charge is 2.46. The molecule has 1 aliphatic rings. The molecule has 1 heterocycles. The molecule has 5 heteroatoms. The number of para-hydroxylation sites is 1. The number of ether oxygens (including phenoxy) is 1. The van der Waals surface area contributed by atoms with Crippen molar-refractivity contribution < 1.29 is 19.4 Å². The van der Waals surface area contributed by atoms with E-state index >= 15 is 0 Å².